The number of anilines is 1. The Morgan fingerprint density at radius 1 is 1.24 bits per heavy atom. The fraction of sp³-hybridized carbons (Fsp3) is 0.500. The SMILES string of the molecule is CCNC(=O)N1[C@H]2CC[C@@H](C2)[C@@H]1C(=O)Nc1ccccc1. The number of nitrogens with zero attached hydrogens (tertiary/aromatic N) is 1. The third kappa shape index (κ3) is 2.60. The zero-order valence-corrected chi connectivity index (χ0v) is 12.2. The summed E-state index contributed by atoms with van der Waals surface area (Å²) in [5, 5.41) is 5.76. The summed E-state index contributed by atoms with van der Waals surface area (Å²) in [7, 11) is 0. The second kappa shape index (κ2) is 5.76. The van der Waals surface area contributed by atoms with E-state index in [0.29, 0.717) is 12.5 Å². The second-order valence-electron chi connectivity index (χ2n) is 5.77. The lowest BCUT2D eigenvalue weighted by Crippen LogP contribution is -2.54. The van der Waals surface area contributed by atoms with Gasteiger partial charge in [0, 0.05) is 18.3 Å². The van der Waals surface area contributed by atoms with Crippen LogP contribution in [0.2, 0.25) is 0 Å². The van der Waals surface area contributed by atoms with Crippen LogP contribution in [-0.2, 0) is 4.79 Å². The fourth-order valence-electron chi connectivity index (χ4n) is 3.60. The van der Waals surface area contributed by atoms with Crippen LogP contribution in [0.25, 0.3) is 0 Å². The number of fused-ring (bicyclic) bond motifs is 2. The number of carbonyl (C=O) groups excluding carboxylic acids is 2. The number of hydrogen-bond donors (Lipinski definition) is 2. The van der Waals surface area contributed by atoms with Crippen LogP contribution in [0, 0.1) is 5.92 Å². The minimum atomic E-state index is -0.337. The first-order chi connectivity index (χ1) is 10.2. The Morgan fingerprint density at radius 3 is 2.71 bits per heavy atom. The molecular formula is C16H21N3O2. The van der Waals surface area contributed by atoms with E-state index in [-0.39, 0.29) is 24.0 Å². The van der Waals surface area contributed by atoms with Gasteiger partial charge in [0.2, 0.25) is 5.91 Å². The van der Waals surface area contributed by atoms with Gasteiger partial charge >= 0.3 is 6.03 Å². The van der Waals surface area contributed by atoms with Crippen LogP contribution in [0.5, 0.6) is 0 Å². The summed E-state index contributed by atoms with van der Waals surface area (Å²) in [6, 6.07) is 9.18. The van der Waals surface area contributed by atoms with E-state index in [2.05, 4.69) is 10.6 Å². The number of nitrogens with one attached hydrogen (secondary N) is 2. The maximum absolute atomic E-state index is 12.6. The van der Waals surface area contributed by atoms with E-state index in [9.17, 15) is 9.59 Å². The Balaban J connectivity index is 1.75. The molecule has 1 aromatic rings. The molecule has 1 aromatic carbocycles. The van der Waals surface area contributed by atoms with Crippen molar-refractivity contribution >= 4 is 17.6 Å². The van der Waals surface area contributed by atoms with Gasteiger partial charge in [-0.15, -0.1) is 0 Å². The molecule has 0 spiro atoms. The number of benzene rings is 1. The maximum Gasteiger partial charge on any atom is 0.318 e. The summed E-state index contributed by atoms with van der Waals surface area (Å²) in [6.07, 6.45) is 2.99. The first-order valence-electron chi connectivity index (χ1n) is 7.62. The fourth-order valence-corrected chi connectivity index (χ4v) is 3.60. The van der Waals surface area contributed by atoms with Crippen LogP contribution in [0.15, 0.2) is 30.3 Å². The molecule has 1 aliphatic carbocycles. The lowest BCUT2D eigenvalue weighted by molar-refractivity contribution is -0.121. The molecule has 3 atom stereocenters. The van der Waals surface area contributed by atoms with E-state index in [4.69, 9.17) is 0 Å². The molecule has 1 saturated carbocycles. The molecular weight excluding hydrogens is 266 g/mol. The molecule has 0 unspecified atom stereocenters. The highest BCUT2D eigenvalue weighted by Crippen LogP contribution is 2.42. The van der Waals surface area contributed by atoms with E-state index in [0.717, 1.165) is 24.9 Å². The number of piperidine rings is 1. The van der Waals surface area contributed by atoms with E-state index in [1.54, 1.807) is 4.90 Å². The summed E-state index contributed by atoms with van der Waals surface area (Å²) < 4.78 is 0. The maximum atomic E-state index is 12.6. The van der Waals surface area contributed by atoms with Crippen LogP contribution >= 0.6 is 0 Å². The van der Waals surface area contributed by atoms with E-state index >= 15 is 0 Å². The quantitative estimate of drug-likeness (QED) is 0.895. The van der Waals surface area contributed by atoms with E-state index in [1.165, 1.54) is 0 Å². The molecule has 3 rings (SSSR count). The molecule has 5 heteroatoms. The highest BCUT2D eigenvalue weighted by molar-refractivity contribution is 5.97. The number of hydrogen-bond acceptors (Lipinski definition) is 2. The van der Waals surface area contributed by atoms with Crippen molar-refractivity contribution in [2.75, 3.05) is 11.9 Å². The number of para-hydroxylation sites is 1. The third-order valence-electron chi connectivity index (χ3n) is 4.46. The zero-order chi connectivity index (χ0) is 14.8. The molecule has 21 heavy (non-hydrogen) atoms. The van der Waals surface area contributed by atoms with E-state index < -0.39 is 0 Å². The monoisotopic (exact) mass is 287 g/mol. The molecule has 112 valence electrons. The highest BCUT2D eigenvalue weighted by atomic mass is 16.2. The van der Waals surface area contributed by atoms with Gasteiger partial charge in [-0.25, -0.2) is 4.79 Å². The summed E-state index contributed by atoms with van der Waals surface area (Å²) in [5.41, 5.74) is 0.779. The number of amides is 3. The Kier molecular flexibility index (Phi) is 3.82. The topological polar surface area (TPSA) is 61.4 Å². The van der Waals surface area contributed by atoms with Crippen molar-refractivity contribution in [2.24, 2.45) is 5.92 Å². The van der Waals surface area contributed by atoms with Crippen molar-refractivity contribution in [1.29, 1.82) is 0 Å². The molecule has 1 saturated heterocycles. The van der Waals surface area contributed by atoms with Crippen molar-refractivity contribution in [3.8, 4) is 0 Å². The van der Waals surface area contributed by atoms with Crippen molar-refractivity contribution in [1.82, 2.24) is 10.2 Å². The molecule has 3 amide bonds. The van der Waals surface area contributed by atoms with Crippen molar-refractivity contribution in [3.63, 3.8) is 0 Å². The van der Waals surface area contributed by atoms with Gasteiger partial charge in [-0.3, -0.25) is 4.79 Å². The molecule has 1 heterocycles. The Labute approximate surface area is 124 Å². The standard InChI is InChI=1S/C16H21N3O2/c1-2-17-16(21)19-13-9-8-11(10-13)14(19)15(20)18-12-6-4-3-5-7-12/h3-7,11,13-14H,2,8-10H2,1H3,(H,17,21)(H,18,20)/t11-,13-,14+/m0/s1. The van der Waals surface area contributed by atoms with Crippen LogP contribution in [0.4, 0.5) is 10.5 Å². The van der Waals surface area contributed by atoms with Gasteiger partial charge in [-0.1, -0.05) is 18.2 Å². The van der Waals surface area contributed by atoms with Crippen LogP contribution in [-0.4, -0.2) is 35.5 Å². The Hall–Kier alpha value is -2.04. The molecule has 2 fully saturated rings. The smallest absolute Gasteiger partial charge is 0.318 e. The molecule has 1 aliphatic heterocycles. The summed E-state index contributed by atoms with van der Waals surface area (Å²) in [4.78, 5) is 26.6. The van der Waals surface area contributed by atoms with Crippen LogP contribution < -0.4 is 10.6 Å². The van der Waals surface area contributed by atoms with Gasteiger partial charge < -0.3 is 15.5 Å². The van der Waals surface area contributed by atoms with E-state index in [1.807, 2.05) is 37.3 Å². The molecule has 2 aliphatic rings. The Morgan fingerprint density at radius 2 is 2.00 bits per heavy atom. The van der Waals surface area contributed by atoms with Crippen LogP contribution in [0.3, 0.4) is 0 Å². The van der Waals surface area contributed by atoms with Crippen LogP contribution in [0.1, 0.15) is 26.2 Å². The third-order valence-corrected chi connectivity index (χ3v) is 4.46. The average molecular weight is 287 g/mol. The lowest BCUT2D eigenvalue weighted by Gasteiger charge is -2.34. The zero-order valence-electron chi connectivity index (χ0n) is 12.2. The van der Waals surface area contributed by atoms with Gasteiger partial charge in [-0.2, -0.15) is 0 Å². The van der Waals surface area contributed by atoms with Gasteiger partial charge in [0.25, 0.3) is 0 Å². The lowest BCUT2D eigenvalue weighted by atomic mass is 9.98. The van der Waals surface area contributed by atoms with Crippen molar-refractivity contribution < 1.29 is 9.59 Å². The number of carbonyl (C=O) groups is 2. The molecule has 2 bridgehead atoms. The van der Waals surface area contributed by atoms with Gasteiger partial charge in [-0.05, 0) is 44.2 Å². The normalized spacial score (nSPS) is 26.7. The predicted molar refractivity (Wildman–Crippen MR) is 80.9 cm³/mol. The highest BCUT2D eigenvalue weighted by Gasteiger charge is 2.51. The second-order valence-corrected chi connectivity index (χ2v) is 5.77. The summed E-state index contributed by atoms with van der Waals surface area (Å²) in [6.45, 7) is 2.48. The average Bonchev–Trinajstić information content (AvgIpc) is 3.09. The predicted octanol–water partition coefficient (Wildman–Crippen LogP) is 2.21. The minimum Gasteiger partial charge on any atom is -0.338 e. The molecule has 0 aromatic heterocycles. The first-order valence-corrected chi connectivity index (χ1v) is 7.62. The first kappa shape index (κ1) is 13.9. The number of urea groups is 1. The van der Waals surface area contributed by atoms with Crippen molar-refractivity contribution in [2.45, 2.75) is 38.3 Å². The number of likely N-dealkylation sites (tertiary alicyclic amines) is 1. The summed E-state index contributed by atoms with van der Waals surface area (Å²) in [5.74, 6) is 0.223. The summed E-state index contributed by atoms with van der Waals surface area (Å²) >= 11 is 0. The number of rotatable bonds is 3. The molecule has 5 nitrogen and oxygen atoms in total. The van der Waals surface area contributed by atoms with Gasteiger partial charge in [0.1, 0.15) is 6.04 Å². The van der Waals surface area contributed by atoms with Crippen molar-refractivity contribution in [3.05, 3.63) is 30.3 Å². The molecule has 2 N–H and O–H groups in total. The largest absolute Gasteiger partial charge is 0.338 e. The van der Waals surface area contributed by atoms with Gasteiger partial charge in [0.05, 0.1) is 0 Å². The minimum absolute atomic E-state index is 0.0698. The Bertz CT molecular complexity index is 532. The van der Waals surface area contributed by atoms with Gasteiger partial charge in [0.15, 0.2) is 0 Å². The molecule has 0 radical (unpaired) electrons.